The van der Waals surface area contributed by atoms with Crippen molar-refractivity contribution in [1.29, 1.82) is 0 Å². The van der Waals surface area contributed by atoms with E-state index in [1.165, 1.54) is 5.56 Å². The Balaban J connectivity index is 2.71. The van der Waals surface area contributed by atoms with Crippen LogP contribution in [0.5, 0.6) is 0 Å². The van der Waals surface area contributed by atoms with Gasteiger partial charge in [-0.05, 0) is 18.4 Å². The van der Waals surface area contributed by atoms with Crippen LogP contribution in [0.1, 0.15) is 30.4 Å². The Morgan fingerprint density at radius 3 is 2.38 bits per heavy atom. The first-order valence-corrected chi connectivity index (χ1v) is 4.38. The Hall–Kier alpha value is -1.31. The summed E-state index contributed by atoms with van der Waals surface area (Å²) in [5.74, 6) is -0.647. The molecule has 2 nitrogen and oxygen atoms in total. The molecule has 1 aromatic rings. The topological polar surface area (TPSA) is 37.3 Å². The van der Waals surface area contributed by atoms with Gasteiger partial charge in [0.25, 0.3) is 0 Å². The van der Waals surface area contributed by atoms with E-state index in [-0.39, 0.29) is 12.3 Å². The Morgan fingerprint density at radius 2 is 1.92 bits per heavy atom. The molecular formula is C11H14O2. The molecule has 1 atom stereocenters. The summed E-state index contributed by atoms with van der Waals surface area (Å²) in [5, 5.41) is 8.60. The lowest BCUT2D eigenvalue weighted by atomic mass is 9.97. The molecule has 0 amide bonds. The first kappa shape index (κ1) is 9.78. The molecule has 2 heteroatoms. The van der Waals surface area contributed by atoms with Crippen molar-refractivity contribution < 1.29 is 9.90 Å². The van der Waals surface area contributed by atoms with E-state index in [9.17, 15) is 4.79 Å². The number of rotatable bonds is 3. The average Bonchev–Trinajstić information content (AvgIpc) is 2.04. The van der Waals surface area contributed by atoms with E-state index in [2.05, 4.69) is 0 Å². The number of carbonyl (C=O) groups is 1. The molecule has 0 bridgehead atoms. The lowest BCUT2D eigenvalue weighted by Gasteiger charge is -2.08. The Morgan fingerprint density at radius 1 is 1.38 bits per heavy atom. The molecule has 1 N–H and O–H groups in total. The summed E-state index contributed by atoms with van der Waals surface area (Å²) in [5.41, 5.74) is 2.29. The van der Waals surface area contributed by atoms with Crippen molar-refractivity contribution in [2.75, 3.05) is 0 Å². The largest absolute Gasteiger partial charge is 0.481 e. The molecule has 0 radical (unpaired) electrons. The van der Waals surface area contributed by atoms with Gasteiger partial charge in [0.15, 0.2) is 0 Å². The fourth-order valence-corrected chi connectivity index (χ4v) is 1.27. The quantitative estimate of drug-likeness (QED) is 0.772. The molecule has 70 valence electrons. The van der Waals surface area contributed by atoms with Crippen molar-refractivity contribution >= 4 is 5.97 Å². The lowest BCUT2D eigenvalue weighted by Crippen LogP contribution is -2.02. The smallest absolute Gasteiger partial charge is 0.303 e. The zero-order valence-electron chi connectivity index (χ0n) is 7.95. The first-order chi connectivity index (χ1) is 6.09. The molecule has 1 rings (SSSR count). The van der Waals surface area contributed by atoms with Crippen LogP contribution in [-0.4, -0.2) is 11.1 Å². The monoisotopic (exact) mass is 178 g/mol. The molecule has 0 aliphatic carbocycles. The summed E-state index contributed by atoms with van der Waals surface area (Å²) >= 11 is 0. The third-order valence-corrected chi connectivity index (χ3v) is 2.13. The van der Waals surface area contributed by atoms with Crippen molar-refractivity contribution in [3.8, 4) is 0 Å². The zero-order chi connectivity index (χ0) is 9.84. The van der Waals surface area contributed by atoms with Crippen molar-refractivity contribution in [2.24, 2.45) is 0 Å². The van der Waals surface area contributed by atoms with Crippen LogP contribution in [-0.2, 0) is 4.79 Å². The highest BCUT2D eigenvalue weighted by atomic mass is 16.4. The Labute approximate surface area is 78.2 Å². The molecular weight excluding hydrogens is 164 g/mol. The SMILES string of the molecule is Cc1ccc(C(C)CC(=O)O)cc1. The maximum Gasteiger partial charge on any atom is 0.303 e. The molecule has 0 fully saturated rings. The van der Waals surface area contributed by atoms with Gasteiger partial charge in [-0.3, -0.25) is 4.79 Å². The van der Waals surface area contributed by atoms with Crippen LogP contribution in [0.25, 0.3) is 0 Å². The predicted octanol–water partition coefficient (Wildman–Crippen LogP) is 2.57. The number of aryl methyl sites for hydroxylation is 1. The van der Waals surface area contributed by atoms with Crippen LogP contribution >= 0.6 is 0 Å². The van der Waals surface area contributed by atoms with Gasteiger partial charge in [-0.15, -0.1) is 0 Å². The molecule has 1 aromatic carbocycles. The van der Waals surface area contributed by atoms with Gasteiger partial charge in [-0.2, -0.15) is 0 Å². The van der Waals surface area contributed by atoms with Gasteiger partial charge >= 0.3 is 5.97 Å². The molecule has 0 saturated heterocycles. The minimum Gasteiger partial charge on any atom is -0.481 e. The summed E-state index contributed by atoms with van der Waals surface area (Å²) in [6, 6.07) is 7.99. The fourth-order valence-electron chi connectivity index (χ4n) is 1.27. The van der Waals surface area contributed by atoms with E-state index in [1.807, 2.05) is 38.1 Å². The minimum absolute atomic E-state index is 0.0955. The highest BCUT2D eigenvalue weighted by Crippen LogP contribution is 2.18. The van der Waals surface area contributed by atoms with E-state index in [4.69, 9.17) is 5.11 Å². The van der Waals surface area contributed by atoms with Gasteiger partial charge in [-0.25, -0.2) is 0 Å². The van der Waals surface area contributed by atoms with Crippen LogP contribution < -0.4 is 0 Å². The van der Waals surface area contributed by atoms with Crippen molar-refractivity contribution in [2.45, 2.75) is 26.2 Å². The second-order valence-electron chi connectivity index (χ2n) is 3.41. The molecule has 0 heterocycles. The van der Waals surface area contributed by atoms with Crippen molar-refractivity contribution in [3.63, 3.8) is 0 Å². The van der Waals surface area contributed by atoms with E-state index in [0.717, 1.165) is 5.56 Å². The first-order valence-electron chi connectivity index (χ1n) is 4.38. The van der Waals surface area contributed by atoms with Gasteiger partial charge in [-0.1, -0.05) is 36.8 Å². The third kappa shape index (κ3) is 2.90. The minimum atomic E-state index is -0.743. The second-order valence-corrected chi connectivity index (χ2v) is 3.41. The van der Waals surface area contributed by atoms with E-state index in [0.29, 0.717) is 0 Å². The van der Waals surface area contributed by atoms with E-state index >= 15 is 0 Å². The van der Waals surface area contributed by atoms with Crippen LogP contribution in [0.4, 0.5) is 0 Å². The normalized spacial score (nSPS) is 12.5. The van der Waals surface area contributed by atoms with Gasteiger partial charge in [0.1, 0.15) is 0 Å². The van der Waals surface area contributed by atoms with Gasteiger partial charge in [0.05, 0.1) is 6.42 Å². The maximum absolute atomic E-state index is 10.4. The average molecular weight is 178 g/mol. The Bertz CT molecular complexity index is 287. The summed E-state index contributed by atoms with van der Waals surface area (Å²) in [4.78, 5) is 10.4. The predicted molar refractivity (Wildman–Crippen MR) is 51.8 cm³/mol. The van der Waals surface area contributed by atoms with E-state index in [1.54, 1.807) is 0 Å². The number of carboxylic acids is 1. The molecule has 0 saturated carbocycles. The van der Waals surface area contributed by atoms with Crippen LogP contribution in [0.15, 0.2) is 24.3 Å². The number of aliphatic carboxylic acids is 1. The molecule has 1 unspecified atom stereocenters. The number of benzene rings is 1. The lowest BCUT2D eigenvalue weighted by molar-refractivity contribution is -0.137. The number of carboxylic acid groups (broad SMARTS) is 1. The van der Waals surface area contributed by atoms with Gasteiger partial charge in [0, 0.05) is 0 Å². The standard InChI is InChI=1S/C11H14O2/c1-8-3-5-10(6-4-8)9(2)7-11(12)13/h3-6,9H,7H2,1-2H3,(H,12,13). The second kappa shape index (κ2) is 4.08. The summed E-state index contributed by atoms with van der Waals surface area (Å²) in [6.07, 6.45) is 0.197. The van der Waals surface area contributed by atoms with Crippen LogP contribution in [0.2, 0.25) is 0 Å². The summed E-state index contributed by atoms with van der Waals surface area (Å²) in [6.45, 7) is 3.95. The highest BCUT2D eigenvalue weighted by molar-refractivity contribution is 5.67. The summed E-state index contributed by atoms with van der Waals surface area (Å²) < 4.78 is 0. The molecule has 0 aliphatic rings. The fraction of sp³-hybridized carbons (Fsp3) is 0.364. The Kier molecular flexibility index (Phi) is 3.07. The molecule has 13 heavy (non-hydrogen) atoms. The van der Waals surface area contributed by atoms with Crippen molar-refractivity contribution in [1.82, 2.24) is 0 Å². The highest BCUT2D eigenvalue weighted by Gasteiger charge is 2.08. The van der Waals surface area contributed by atoms with Gasteiger partial charge < -0.3 is 5.11 Å². The van der Waals surface area contributed by atoms with E-state index < -0.39 is 5.97 Å². The molecule has 0 spiro atoms. The number of hydrogen-bond acceptors (Lipinski definition) is 1. The zero-order valence-corrected chi connectivity index (χ0v) is 7.95. The summed E-state index contributed by atoms with van der Waals surface area (Å²) in [7, 11) is 0. The van der Waals surface area contributed by atoms with Gasteiger partial charge in [0.2, 0.25) is 0 Å². The number of hydrogen-bond donors (Lipinski definition) is 1. The van der Waals surface area contributed by atoms with Crippen molar-refractivity contribution in [3.05, 3.63) is 35.4 Å². The molecule has 0 aromatic heterocycles. The molecule has 0 aliphatic heterocycles. The van der Waals surface area contributed by atoms with Crippen LogP contribution in [0.3, 0.4) is 0 Å². The van der Waals surface area contributed by atoms with Crippen LogP contribution in [0, 0.1) is 6.92 Å². The maximum atomic E-state index is 10.4. The third-order valence-electron chi connectivity index (χ3n) is 2.13.